The number of aryl methyl sites for hydroxylation is 1. The number of benzene rings is 1. The Morgan fingerprint density at radius 1 is 1.17 bits per heavy atom. The van der Waals surface area contributed by atoms with Crippen LogP contribution in [0.4, 0.5) is 5.82 Å². The van der Waals surface area contributed by atoms with Gasteiger partial charge in [-0.2, -0.15) is 0 Å². The van der Waals surface area contributed by atoms with E-state index in [4.69, 9.17) is 0 Å². The molecule has 0 aliphatic rings. The van der Waals surface area contributed by atoms with Crippen LogP contribution in [0, 0.1) is 6.92 Å². The lowest BCUT2D eigenvalue weighted by Crippen LogP contribution is -2.14. The highest BCUT2D eigenvalue weighted by atomic mass is 79.9. The Bertz CT molecular complexity index is 654. The average molecular weight is 327 g/mol. The minimum atomic E-state index is -3.62. The van der Waals surface area contributed by atoms with Crippen LogP contribution in [0.15, 0.2) is 52.0 Å². The van der Waals surface area contributed by atoms with Crippen LogP contribution in [0.2, 0.25) is 0 Å². The molecule has 2 aromatic rings. The summed E-state index contributed by atoms with van der Waals surface area (Å²) in [4.78, 5) is 4.20. The van der Waals surface area contributed by atoms with Crippen LogP contribution in [-0.4, -0.2) is 13.4 Å². The first kappa shape index (κ1) is 13.0. The number of anilines is 1. The Labute approximate surface area is 114 Å². The minimum absolute atomic E-state index is 0.187. The largest absolute Gasteiger partial charge is 0.264 e. The van der Waals surface area contributed by atoms with Crippen molar-refractivity contribution in [2.45, 2.75) is 11.8 Å². The molecule has 0 atom stereocenters. The van der Waals surface area contributed by atoms with Gasteiger partial charge >= 0.3 is 0 Å². The highest BCUT2D eigenvalue weighted by molar-refractivity contribution is 9.10. The first-order valence-electron chi connectivity index (χ1n) is 5.19. The number of rotatable bonds is 3. The number of halogens is 1. The highest BCUT2D eigenvalue weighted by Crippen LogP contribution is 2.23. The molecule has 0 aliphatic carbocycles. The topological polar surface area (TPSA) is 59.1 Å². The van der Waals surface area contributed by atoms with E-state index in [0.717, 1.165) is 5.56 Å². The van der Waals surface area contributed by atoms with Crippen LogP contribution >= 0.6 is 15.9 Å². The zero-order chi connectivity index (χ0) is 13.2. The average Bonchev–Trinajstić information content (AvgIpc) is 2.32. The van der Waals surface area contributed by atoms with Crippen molar-refractivity contribution in [1.29, 1.82) is 0 Å². The van der Waals surface area contributed by atoms with Gasteiger partial charge in [0.25, 0.3) is 10.0 Å². The van der Waals surface area contributed by atoms with E-state index in [1.807, 2.05) is 6.92 Å². The molecule has 0 amide bonds. The monoisotopic (exact) mass is 326 g/mol. The van der Waals surface area contributed by atoms with Crippen molar-refractivity contribution < 1.29 is 8.42 Å². The summed E-state index contributed by atoms with van der Waals surface area (Å²) in [6.45, 7) is 1.89. The smallest absolute Gasteiger partial charge is 0.263 e. The van der Waals surface area contributed by atoms with Crippen LogP contribution in [-0.2, 0) is 10.0 Å². The second-order valence-corrected chi connectivity index (χ2v) is 6.26. The van der Waals surface area contributed by atoms with E-state index < -0.39 is 10.0 Å². The maximum atomic E-state index is 12.1. The van der Waals surface area contributed by atoms with E-state index in [1.54, 1.807) is 36.5 Å². The standard InChI is InChI=1S/C12H11BrN2O2S/c1-9-6-7-12(14-8-9)15-18(16,17)11-5-3-2-4-10(11)13/h2-8H,1H3,(H,14,15). The second-order valence-electron chi connectivity index (χ2n) is 3.76. The van der Waals surface area contributed by atoms with Crippen LogP contribution < -0.4 is 4.72 Å². The number of nitrogens with one attached hydrogen (secondary N) is 1. The normalized spacial score (nSPS) is 11.2. The third-order valence-electron chi connectivity index (χ3n) is 2.28. The van der Waals surface area contributed by atoms with Gasteiger partial charge in [-0.25, -0.2) is 13.4 Å². The fraction of sp³-hybridized carbons (Fsp3) is 0.0833. The first-order chi connectivity index (χ1) is 8.49. The molecule has 0 saturated heterocycles. The molecule has 0 fully saturated rings. The van der Waals surface area contributed by atoms with Gasteiger partial charge < -0.3 is 0 Å². The Kier molecular flexibility index (Phi) is 3.68. The molecule has 4 nitrogen and oxygen atoms in total. The predicted molar refractivity (Wildman–Crippen MR) is 73.9 cm³/mol. The second kappa shape index (κ2) is 5.07. The number of sulfonamides is 1. The fourth-order valence-corrected chi connectivity index (χ4v) is 3.40. The number of hydrogen-bond acceptors (Lipinski definition) is 3. The lowest BCUT2D eigenvalue weighted by molar-refractivity contribution is 0.600. The molecule has 0 bridgehead atoms. The summed E-state index contributed by atoms with van der Waals surface area (Å²) in [5.41, 5.74) is 0.971. The molecular weight excluding hydrogens is 316 g/mol. The Hall–Kier alpha value is -1.40. The van der Waals surface area contributed by atoms with Crippen molar-refractivity contribution in [2.24, 2.45) is 0 Å². The lowest BCUT2D eigenvalue weighted by atomic mass is 10.3. The van der Waals surface area contributed by atoms with Crippen LogP contribution in [0.25, 0.3) is 0 Å². The van der Waals surface area contributed by atoms with Crippen molar-refractivity contribution >= 4 is 31.8 Å². The summed E-state index contributed by atoms with van der Waals surface area (Å²) in [6.07, 6.45) is 1.61. The Morgan fingerprint density at radius 2 is 1.89 bits per heavy atom. The van der Waals surface area contributed by atoms with Crippen molar-refractivity contribution in [3.05, 3.63) is 52.6 Å². The van der Waals surface area contributed by atoms with Crippen LogP contribution in [0.3, 0.4) is 0 Å². The molecule has 94 valence electrons. The van der Waals surface area contributed by atoms with Crippen molar-refractivity contribution in [2.75, 3.05) is 4.72 Å². The Morgan fingerprint density at radius 3 is 2.50 bits per heavy atom. The number of pyridine rings is 1. The molecule has 1 heterocycles. The fourth-order valence-electron chi connectivity index (χ4n) is 1.38. The quantitative estimate of drug-likeness (QED) is 0.943. The maximum absolute atomic E-state index is 12.1. The zero-order valence-corrected chi connectivity index (χ0v) is 12.0. The molecule has 18 heavy (non-hydrogen) atoms. The third kappa shape index (κ3) is 2.88. The molecule has 0 spiro atoms. The van der Waals surface area contributed by atoms with Gasteiger partial charge in [0, 0.05) is 10.7 Å². The summed E-state index contributed by atoms with van der Waals surface area (Å²) >= 11 is 3.22. The van der Waals surface area contributed by atoms with Crippen molar-refractivity contribution in [1.82, 2.24) is 4.98 Å². The van der Waals surface area contributed by atoms with E-state index >= 15 is 0 Å². The van der Waals surface area contributed by atoms with E-state index in [2.05, 4.69) is 25.6 Å². The summed E-state index contributed by atoms with van der Waals surface area (Å²) in [7, 11) is -3.62. The van der Waals surface area contributed by atoms with Gasteiger partial charge in [-0.15, -0.1) is 0 Å². The van der Waals surface area contributed by atoms with Crippen LogP contribution in [0.5, 0.6) is 0 Å². The van der Waals surface area contributed by atoms with Crippen molar-refractivity contribution in [3.8, 4) is 0 Å². The molecule has 1 aromatic carbocycles. The predicted octanol–water partition coefficient (Wildman–Crippen LogP) is 2.95. The number of hydrogen-bond donors (Lipinski definition) is 1. The van der Waals surface area contributed by atoms with Crippen LogP contribution in [0.1, 0.15) is 5.56 Å². The summed E-state index contributed by atoms with van der Waals surface area (Å²) in [6, 6.07) is 10.1. The van der Waals surface area contributed by atoms with Gasteiger partial charge in [0.2, 0.25) is 0 Å². The molecular formula is C12H11BrN2O2S. The summed E-state index contributed by atoms with van der Waals surface area (Å²) in [5.74, 6) is 0.302. The highest BCUT2D eigenvalue weighted by Gasteiger charge is 2.17. The SMILES string of the molecule is Cc1ccc(NS(=O)(=O)c2ccccc2Br)nc1. The van der Waals surface area contributed by atoms with Crippen molar-refractivity contribution in [3.63, 3.8) is 0 Å². The minimum Gasteiger partial charge on any atom is -0.263 e. The number of aromatic nitrogens is 1. The van der Waals surface area contributed by atoms with Gasteiger partial charge in [-0.05, 0) is 46.6 Å². The van der Waals surface area contributed by atoms with Gasteiger partial charge in [0.05, 0.1) is 0 Å². The van der Waals surface area contributed by atoms with E-state index in [9.17, 15) is 8.42 Å². The Balaban J connectivity index is 2.33. The zero-order valence-electron chi connectivity index (χ0n) is 9.59. The van der Waals surface area contributed by atoms with Gasteiger partial charge in [-0.3, -0.25) is 4.72 Å². The van der Waals surface area contributed by atoms with E-state index in [-0.39, 0.29) is 4.90 Å². The maximum Gasteiger partial charge on any atom is 0.264 e. The lowest BCUT2D eigenvalue weighted by Gasteiger charge is -2.08. The molecule has 1 aromatic heterocycles. The molecule has 6 heteroatoms. The van der Waals surface area contributed by atoms with Gasteiger partial charge in [0.15, 0.2) is 0 Å². The third-order valence-corrected chi connectivity index (χ3v) is 4.64. The van der Waals surface area contributed by atoms with E-state index in [1.165, 1.54) is 6.07 Å². The summed E-state index contributed by atoms with van der Waals surface area (Å²) < 4.78 is 27.2. The summed E-state index contributed by atoms with van der Waals surface area (Å²) in [5, 5.41) is 0. The molecule has 0 aliphatic heterocycles. The number of nitrogens with zero attached hydrogens (tertiary/aromatic N) is 1. The molecule has 0 radical (unpaired) electrons. The van der Waals surface area contributed by atoms with Gasteiger partial charge in [-0.1, -0.05) is 18.2 Å². The van der Waals surface area contributed by atoms with E-state index in [0.29, 0.717) is 10.3 Å². The first-order valence-corrected chi connectivity index (χ1v) is 7.47. The molecule has 0 saturated carbocycles. The molecule has 1 N–H and O–H groups in total. The molecule has 0 unspecified atom stereocenters. The molecule has 2 rings (SSSR count). The van der Waals surface area contributed by atoms with Gasteiger partial charge in [0.1, 0.15) is 10.7 Å².